The Bertz CT molecular complexity index is 512. The molecule has 5 nitrogen and oxygen atoms in total. The summed E-state index contributed by atoms with van der Waals surface area (Å²) in [5.74, 6) is 0.915. The van der Waals surface area contributed by atoms with Gasteiger partial charge in [-0.3, -0.25) is 4.79 Å². The summed E-state index contributed by atoms with van der Waals surface area (Å²) in [5.41, 5.74) is 0.735. The van der Waals surface area contributed by atoms with E-state index < -0.39 is 0 Å². The third-order valence-corrected chi connectivity index (χ3v) is 4.57. The van der Waals surface area contributed by atoms with Crippen LogP contribution in [0.25, 0.3) is 0 Å². The van der Waals surface area contributed by atoms with Crippen LogP contribution in [0.5, 0.6) is 5.75 Å². The number of amides is 1. The number of carbonyl (C=O) groups excluding carboxylic acids is 1. The quantitative estimate of drug-likeness (QED) is 0.852. The predicted octanol–water partition coefficient (Wildman–Crippen LogP) is 2.02. The van der Waals surface area contributed by atoms with Crippen molar-refractivity contribution in [3.05, 3.63) is 29.8 Å². The van der Waals surface area contributed by atoms with E-state index in [2.05, 4.69) is 11.9 Å². The second kappa shape index (κ2) is 7.79. The van der Waals surface area contributed by atoms with Gasteiger partial charge in [0.05, 0.1) is 6.10 Å². The van der Waals surface area contributed by atoms with Crippen LogP contribution in [0.3, 0.4) is 0 Å². The van der Waals surface area contributed by atoms with Crippen LogP contribution in [0.15, 0.2) is 24.3 Å². The average Bonchev–Trinajstić information content (AvgIpc) is 3.00. The van der Waals surface area contributed by atoms with Gasteiger partial charge >= 0.3 is 0 Å². The Morgan fingerprint density at radius 2 is 2.00 bits per heavy atom. The second-order valence-corrected chi connectivity index (χ2v) is 6.42. The van der Waals surface area contributed by atoms with Gasteiger partial charge < -0.3 is 19.3 Å². The number of benzene rings is 1. The first kappa shape index (κ1) is 16.3. The first-order valence-corrected chi connectivity index (χ1v) is 8.54. The number of hydrogen-bond donors (Lipinski definition) is 0. The summed E-state index contributed by atoms with van der Waals surface area (Å²) in [4.78, 5) is 16.8. The largest absolute Gasteiger partial charge is 0.491 e. The minimum atomic E-state index is 0.117. The molecular weight excluding hydrogens is 292 g/mol. The lowest BCUT2D eigenvalue weighted by Gasteiger charge is -2.20. The Balaban J connectivity index is 1.54. The number of nitrogens with zero attached hydrogens (tertiary/aromatic N) is 2. The van der Waals surface area contributed by atoms with E-state index in [4.69, 9.17) is 9.47 Å². The Kier molecular flexibility index (Phi) is 5.51. The van der Waals surface area contributed by atoms with Crippen LogP contribution >= 0.6 is 0 Å². The topological polar surface area (TPSA) is 42.0 Å². The molecular formula is C18H26N2O3. The molecule has 1 aromatic carbocycles. The van der Waals surface area contributed by atoms with Crippen molar-refractivity contribution in [2.45, 2.75) is 25.4 Å². The van der Waals surface area contributed by atoms with Gasteiger partial charge in [0.1, 0.15) is 12.4 Å². The molecule has 2 aliphatic heterocycles. The maximum Gasteiger partial charge on any atom is 0.253 e. The third-order valence-electron chi connectivity index (χ3n) is 4.57. The predicted molar refractivity (Wildman–Crippen MR) is 88.9 cm³/mol. The van der Waals surface area contributed by atoms with E-state index in [-0.39, 0.29) is 12.0 Å². The number of rotatable bonds is 4. The maximum atomic E-state index is 12.6. The van der Waals surface area contributed by atoms with Crippen LogP contribution in [-0.4, -0.2) is 68.3 Å². The van der Waals surface area contributed by atoms with Gasteiger partial charge in [-0.05, 0) is 57.1 Å². The molecule has 23 heavy (non-hydrogen) atoms. The van der Waals surface area contributed by atoms with Crippen molar-refractivity contribution in [3.8, 4) is 5.75 Å². The third kappa shape index (κ3) is 4.45. The van der Waals surface area contributed by atoms with Crippen molar-refractivity contribution in [2.75, 3.05) is 46.4 Å². The summed E-state index contributed by atoms with van der Waals surface area (Å²) in [6, 6.07) is 7.49. The Morgan fingerprint density at radius 1 is 1.17 bits per heavy atom. The molecule has 0 saturated carbocycles. The van der Waals surface area contributed by atoms with E-state index in [1.54, 1.807) is 0 Å². The van der Waals surface area contributed by atoms with E-state index in [1.165, 1.54) is 0 Å². The molecule has 1 amide bonds. The highest BCUT2D eigenvalue weighted by molar-refractivity contribution is 5.94. The highest BCUT2D eigenvalue weighted by Gasteiger charge is 2.19. The summed E-state index contributed by atoms with van der Waals surface area (Å²) in [6.45, 7) is 5.05. The zero-order valence-electron chi connectivity index (χ0n) is 13.9. The molecule has 0 N–H and O–H groups in total. The molecule has 126 valence electrons. The number of likely N-dealkylation sites (N-methyl/N-ethyl adjacent to an activating group) is 1. The van der Waals surface area contributed by atoms with Crippen LogP contribution in [0, 0.1) is 0 Å². The Labute approximate surface area is 138 Å². The van der Waals surface area contributed by atoms with E-state index in [1.807, 2.05) is 29.2 Å². The normalized spacial score (nSPS) is 22.8. The van der Waals surface area contributed by atoms with Crippen LogP contribution in [0.2, 0.25) is 0 Å². The zero-order chi connectivity index (χ0) is 16.1. The number of ether oxygens (including phenoxy) is 2. The molecule has 0 unspecified atom stereocenters. The minimum absolute atomic E-state index is 0.117. The molecule has 0 aliphatic carbocycles. The van der Waals surface area contributed by atoms with Crippen molar-refractivity contribution in [1.29, 1.82) is 0 Å². The summed E-state index contributed by atoms with van der Waals surface area (Å²) in [5, 5.41) is 0. The molecule has 2 aliphatic rings. The van der Waals surface area contributed by atoms with Gasteiger partial charge in [-0.1, -0.05) is 0 Å². The van der Waals surface area contributed by atoms with Crippen molar-refractivity contribution >= 4 is 5.91 Å². The molecule has 5 heteroatoms. The fourth-order valence-corrected chi connectivity index (χ4v) is 3.09. The van der Waals surface area contributed by atoms with Gasteiger partial charge in [0, 0.05) is 31.8 Å². The van der Waals surface area contributed by atoms with Gasteiger partial charge in [-0.15, -0.1) is 0 Å². The molecule has 0 spiro atoms. The summed E-state index contributed by atoms with van der Waals surface area (Å²) in [7, 11) is 2.11. The maximum absolute atomic E-state index is 12.6. The van der Waals surface area contributed by atoms with Gasteiger partial charge in [-0.25, -0.2) is 0 Å². The van der Waals surface area contributed by atoms with Crippen LogP contribution in [0.4, 0.5) is 0 Å². The lowest BCUT2D eigenvalue weighted by Crippen LogP contribution is -2.34. The standard InChI is InChI=1S/C18H26N2O3/c1-19-9-3-10-20(12-11-19)18(21)15-5-7-16(8-6-15)23-14-17-4-2-13-22-17/h5-8,17H,2-4,9-14H2,1H3/t17-/m0/s1. The van der Waals surface area contributed by atoms with Crippen LogP contribution in [0.1, 0.15) is 29.6 Å². The summed E-state index contributed by atoms with van der Waals surface area (Å²) >= 11 is 0. The van der Waals surface area contributed by atoms with E-state index in [9.17, 15) is 4.79 Å². The first-order chi connectivity index (χ1) is 11.2. The summed E-state index contributed by atoms with van der Waals surface area (Å²) in [6.07, 6.45) is 3.43. The molecule has 0 bridgehead atoms. The molecule has 2 saturated heterocycles. The lowest BCUT2D eigenvalue weighted by atomic mass is 10.2. The highest BCUT2D eigenvalue weighted by atomic mass is 16.5. The Hall–Kier alpha value is -1.59. The lowest BCUT2D eigenvalue weighted by molar-refractivity contribution is 0.0678. The monoisotopic (exact) mass is 318 g/mol. The van der Waals surface area contributed by atoms with Crippen molar-refractivity contribution in [3.63, 3.8) is 0 Å². The highest BCUT2D eigenvalue weighted by Crippen LogP contribution is 2.17. The fourth-order valence-electron chi connectivity index (χ4n) is 3.09. The zero-order valence-corrected chi connectivity index (χ0v) is 13.9. The number of carbonyl (C=O) groups is 1. The molecule has 3 rings (SSSR count). The summed E-state index contributed by atoms with van der Waals surface area (Å²) < 4.78 is 11.3. The average molecular weight is 318 g/mol. The fraction of sp³-hybridized carbons (Fsp3) is 0.611. The molecule has 0 radical (unpaired) electrons. The molecule has 1 atom stereocenters. The van der Waals surface area contributed by atoms with Gasteiger partial charge in [0.25, 0.3) is 5.91 Å². The minimum Gasteiger partial charge on any atom is -0.491 e. The van der Waals surface area contributed by atoms with Gasteiger partial charge in [0.15, 0.2) is 0 Å². The SMILES string of the molecule is CN1CCCN(C(=O)c2ccc(OC[C@@H]3CCCO3)cc2)CC1. The Morgan fingerprint density at radius 3 is 2.74 bits per heavy atom. The molecule has 1 aromatic rings. The molecule has 2 fully saturated rings. The smallest absolute Gasteiger partial charge is 0.253 e. The first-order valence-electron chi connectivity index (χ1n) is 8.54. The van der Waals surface area contributed by atoms with Crippen molar-refractivity contribution < 1.29 is 14.3 Å². The van der Waals surface area contributed by atoms with E-state index in [0.29, 0.717) is 6.61 Å². The van der Waals surface area contributed by atoms with Crippen molar-refractivity contribution in [2.24, 2.45) is 0 Å². The second-order valence-electron chi connectivity index (χ2n) is 6.42. The number of hydrogen-bond acceptors (Lipinski definition) is 4. The van der Waals surface area contributed by atoms with Crippen LogP contribution in [-0.2, 0) is 4.74 Å². The van der Waals surface area contributed by atoms with Crippen LogP contribution < -0.4 is 4.74 Å². The van der Waals surface area contributed by atoms with Crippen molar-refractivity contribution in [1.82, 2.24) is 9.80 Å². The van der Waals surface area contributed by atoms with Gasteiger partial charge in [-0.2, -0.15) is 0 Å². The molecule has 0 aromatic heterocycles. The van der Waals surface area contributed by atoms with Gasteiger partial charge in [0.2, 0.25) is 0 Å². The van der Waals surface area contributed by atoms with E-state index in [0.717, 1.165) is 63.4 Å². The molecule has 2 heterocycles. The van der Waals surface area contributed by atoms with E-state index >= 15 is 0 Å².